The Hall–Kier alpha value is -1.66. The molecule has 2 fully saturated rings. The van der Waals surface area contributed by atoms with Crippen LogP contribution in [0.3, 0.4) is 0 Å². The molecule has 150 valence electrons. The first-order valence-electron chi connectivity index (χ1n) is 10.3. The first-order valence-corrected chi connectivity index (χ1v) is 10.3. The molecule has 1 saturated carbocycles. The van der Waals surface area contributed by atoms with Crippen LogP contribution in [0.1, 0.15) is 38.2 Å². The summed E-state index contributed by atoms with van der Waals surface area (Å²) >= 11 is 0. The minimum absolute atomic E-state index is 0.199. The van der Waals surface area contributed by atoms with Crippen LogP contribution in [0.4, 0.5) is 4.39 Å². The van der Waals surface area contributed by atoms with Crippen molar-refractivity contribution in [1.29, 1.82) is 0 Å². The number of piperazine rings is 1. The molecule has 2 aliphatic rings. The van der Waals surface area contributed by atoms with E-state index in [9.17, 15) is 9.18 Å². The zero-order chi connectivity index (χ0) is 19.2. The molecule has 0 spiro atoms. The topological polar surface area (TPSA) is 47.2 Å². The maximum absolute atomic E-state index is 13.8. The van der Waals surface area contributed by atoms with E-state index in [1.165, 1.54) is 36.2 Å². The zero-order valence-electron chi connectivity index (χ0n) is 16.7. The van der Waals surface area contributed by atoms with Crippen molar-refractivity contribution in [2.45, 2.75) is 45.2 Å². The number of carbonyl (C=O) groups excluding carboxylic acids is 1. The van der Waals surface area contributed by atoms with Crippen LogP contribution in [0.5, 0.6) is 5.75 Å². The van der Waals surface area contributed by atoms with Gasteiger partial charge in [0, 0.05) is 11.6 Å². The fourth-order valence-electron chi connectivity index (χ4n) is 4.43. The van der Waals surface area contributed by atoms with Gasteiger partial charge in [-0.1, -0.05) is 19.8 Å². The summed E-state index contributed by atoms with van der Waals surface area (Å²) in [5.74, 6) is 0.793. The standard InChI is InChI=1S/C21H32FN3O2/c1-16-5-3-4-6-19(16)23-21(26)15-25-11-9-24(10-12-25)14-17-7-8-20(27-2)18(22)13-17/h7-8,13,16,19H,3-6,9-12,14-15H2,1-2H3,(H,23,26)/p+2/t16-,19+/m1/s1. The summed E-state index contributed by atoms with van der Waals surface area (Å²) in [5, 5.41) is 3.26. The van der Waals surface area contributed by atoms with Crippen molar-refractivity contribution in [1.82, 2.24) is 5.32 Å². The molecule has 1 aliphatic carbocycles. The van der Waals surface area contributed by atoms with Crippen LogP contribution in [0, 0.1) is 11.7 Å². The second-order valence-corrected chi connectivity index (χ2v) is 8.26. The van der Waals surface area contributed by atoms with Crippen molar-refractivity contribution in [3.63, 3.8) is 0 Å². The van der Waals surface area contributed by atoms with Gasteiger partial charge in [0.1, 0.15) is 32.7 Å². The van der Waals surface area contributed by atoms with Gasteiger partial charge in [-0.25, -0.2) is 4.39 Å². The summed E-state index contributed by atoms with van der Waals surface area (Å²) in [7, 11) is 1.48. The molecule has 0 aromatic heterocycles. The molecule has 1 aromatic rings. The summed E-state index contributed by atoms with van der Waals surface area (Å²) in [6, 6.07) is 5.57. The molecule has 1 heterocycles. The summed E-state index contributed by atoms with van der Waals surface area (Å²) in [6.45, 7) is 7.64. The Morgan fingerprint density at radius 2 is 1.89 bits per heavy atom. The summed E-state index contributed by atoms with van der Waals surface area (Å²) < 4.78 is 18.8. The number of quaternary nitrogens is 2. The zero-order valence-corrected chi connectivity index (χ0v) is 16.7. The SMILES string of the molecule is COc1ccc(C[NH+]2CC[NH+](CC(=O)N[C@H]3CCCC[C@H]3C)CC2)cc1F. The average Bonchev–Trinajstić information content (AvgIpc) is 2.65. The normalized spacial score (nSPS) is 28.6. The Morgan fingerprint density at radius 1 is 1.19 bits per heavy atom. The number of hydrogen-bond donors (Lipinski definition) is 3. The fraction of sp³-hybridized carbons (Fsp3) is 0.667. The van der Waals surface area contributed by atoms with Gasteiger partial charge in [-0.05, 0) is 37.0 Å². The average molecular weight is 380 g/mol. The number of methoxy groups -OCH3 is 1. The van der Waals surface area contributed by atoms with Crippen LogP contribution in [-0.4, -0.2) is 51.8 Å². The summed E-state index contributed by atoms with van der Waals surface area (Å²) in [4.78, 5) is 15.2. The van der Waals surface area contributed by atoms with Crippen molar-refractivity contribution < 1.29 is 23.7 Å². The Bertz CT molecular complexity index is 632. The number of halogens is 1. The molecule has 1 aliphatic heterocycles. The monoisotopic (exact) mass is 379 g/mol. The predicted octanol–water partition coefficient (Wildman–Crippen LogP) is -0.187. The van der Waals surface area contributed by atoms with E-state index < -0.39 is 0 Å². The van der Waals surface area contributed by atoms with Crippen LogP contribution >= 0.6 is 0 Å². The molecule has 1 aromatic carbocycles. The summed E-state index contributed by atoms with van der Waals surface area (Å²) in [5.41, 5.74) is 0.996. The minimum Gasteiger partial charge on any atom is -0.494 e. The van der Waals surface area contributed by atoms with E-state index in [0.29, 0.717) is 24.3 Å². The highest BCUT2D eigenvalue weighted by Gasteiger charge is 2.27. The first kappa shape index (κ1) is 20.1. The third-order valence-electron chi connectivity index (χ3n) is 6.20. The second kappa shape index (κ2) is 9.51. The molecule has 1 saturated heterocycles. The predicted molar refractivity (Wildman–Crippen MR) is 102 cm³/mol. The Kier molecular flexibility index (Phi) is 7.07. The molecule has 3 N–H and O–H groups in total. The number of carbonyl (C=O) groups is 1. The Balaban J connectivity index is 1.40. The molecule has 0 unspecified atom stereocenters. The molecule has 3 rings (SSSR count). The van der Waals surface area contributed by atoms with E-state index >= 15 is 0 Å². The lowest BCUT2D eigenvalue weighted by Gasteiger charge is -2.32. The molecule has 1 amide bonds. The van der Waals surface area contributed by atoms with E-state index in [0.717, 1.165) is 44.7 Å². The van der Waals surface area contributed by atoms with E-state index in [4.69, 9.17) is 4.74 Å². The number of ether oxygens (including phenoxy) is 1. The quantitative estimate of drug-likeness (QED) is 0.642. The van der Waals surface area contributed by atoms with Crippen molar-refractivity contribution in [2.24, 2.45) is 5.92 Å². The van der Waals surface area contributed by atoms with E-state index in [1.807, 2.05) is 6.07 Å². The van der Waals surface area contributed by atoms with Gasteiger partial charge in [-0.3, -0.25) is 4.79 Å². The molecular formula is C21H34FN3O2+2. The fourth-order valence-corrected chi connectivity index (χ4v) is 4.43. The van der Waals surface area contributed by atoms with Crippen molar-refractivity contribution >= 4 is 5.91 Å². The highest BCUT2D eigenvalue weighted by molar-refractivity contribution is 5.77. The van der Waals surface area contributed by atoms with Gasteiger partial charge in [0.15, 0.2) is 18.1 Å². The van der Waals surface area contributed by atoms with Crippen molar-refractivity contribution in [2.75, 3.05) is 39.8 Å². The molecule has 27 heavy (non-hydrogen) atoms. The van der Waals surface area contributed by atoms with E-state index in [-0.39, 0.29) is 11.7 Å². The highest BCUT2D eigenvalue weighted by atomic mass is 19.1. The lowest BCUT2D eigenvalue weighted by molar-refractivity contribution is -1.02. The number of rotatable bonds is 6. The van der Waals surface area contributed by atoms with Crippen LogP contribution in [0.2, 0.25) is 0 Å². The Labute approximate surface area is 161 Å². The highest BCUT2D eigenvalue weighted by Crippen LogP contribution is 2.23. The van der Waals surface area contributed by atoms with Gasteiger partial charge in [0.05, 0.1) is 7.11 Å². The van der Waals surface area contributed by atoms with Crippen LogP contribution in [0.15, 0.2) is 18.2 Å². The molecule has 5 nitrogen and oxygen atoms in total. The van der Waals surface area contributed by atoms with Crippen LogP contribution in [-0.2, 0) is 11.3 Å². The third kappa shape index (κ3) is 5.66. The second-order valence-electron chi connectivity index (χ2n) is 8.26. The van der Waals surface area contributed by atoms with E-state index in [1.54, 1.807) is 12.1 Å². The van der Waals surface area contributed by atoms with Gasteiger partial charge in [-0.15, -0.1) is 0 Å². The maximum atomic E-state index is 13.8. The minimum atomic E-state index is -0.299. The number of hydrogen-bond acceptors (Lipinski definition) is 2. The first-order chi connectivity index (χ1) is 13.0. The number of amides is 1. The number of nitrogens with one attached hydrogen (secondary N) is 3. The molecular weight excluding hydrogens is 345 g/mol. The maximum Gasteiger partial charge on any atom is 0.275 e. The van der Waals surface area contributed by atoms with Gasteiger partial charge in [0.2, 0.25) is 0 Å². The van der Waals surface area contributed by atoms with Crippen molar-refractivity contribution in [3.8, 4) is 5.75 Å². The smallest absolute Gasteiger partial charge is 0.275 e. The van der Waals surface area contributed by atoms with Crippen LogP contribution < -0.4 is 19.9 Å². The van der Waals surface area contributed by atoms with Gasteiger partial charge in [0.25, 0.3) is 5.91 Å². The lowest BCUT2D eigenvalue weighted by atomic mass is 9.86. The molecule has 0 bridgehead atoms. The third-order valence-corrected chi connectivity index (χ3v) is 6.20. The summed E-state index contributed by atoms with van der Waals surface area (Å²) in [6.07, 6.45) is 4.88. The van der Waals surface area contributed by atoms with Crippen molar-refractivity contribution in [3.05, 3.63) is 29.6 Å². The Morgan fingerprint density at radius 3 is 2.56 bits per heavy atom. The lowest BCUT2D eigenvalue weighted by Crippen LogP contribution is -3.28. The van der Waals surface area contributed by atoms with Crippen LogP contribution in [0.25, 0.3) is 0 Å². The largest absolute Gasteiger partial charge is 0.494 e. The van der Waals surface area contributed by atoms with E-state index in [2.05, 4.69) is 12.2 Å². The number of benzene rings is 1. The van der Waals surface area contributed by atoms with Gasteiger partial charge < -0.3 is 19.9 Å². The van der Waals surface area contributed by atoms with Gasteiger partial charge >= 0.3 is 0 Å². The van der Waals surface area contributed by atoms with Gasteiger partial charge in [-0.2, -0.15) is 0 Å². The molecule has 0 radical (unpaired) electrons. The molecule has 2 atom stereocenters. The molecule has 6 heteroatoms.